The van der Waals surface area contributed by atoms with Gasteiger partial charge in [-0.05, 0) is 25.7 Å². The van der Waals surface area contributed by atoms with Gasteiger partial charge in [0.05, 0.1) is 6.54 Å². The zero-order valence-electron chi connectivity index (χ0n) is 28.7. The van der Waals surface area contributed by atoms with Crippen molar-refractivity contribution in [2.75, 3.05) is 13.1 Å². The van der Waals surface area contributed by atoms with Crippen molar-refractivity contribution >= 4 is 18.0 Å². The molecule has 0 aromatic rings. The van der Waals surface area contributed by atoms with E-state index in [4.69, 9.17) is 14.8 Å². The van der Waals surface area contributed by atoms with Crippen LogP contribution in [0.2, 0.25) is 0 Å². The molecule has 0 unspecified atom stereocenters. The first-order valence-electron chi connectivity index (χ1n) is 18.1. The van der Waals surface area contributed by atoms with Crippen LogP contribution in [0.1, 0.15) is 195 Å². The number of carboxylic acid groups (broad SMARTS) is 1. The minimum atomic E-state index is -1.19. The fraction of sp³-hybridized carbons (Fsp3) is 0.914. The molecule has 0 aliphatic rings. The van der Waals surface area contributed by atoms with E-state index < -0.39 is 12.1 Å². The number of amides is 1. The SMILES string of the molecule is CCCCCCCCCCCC(=O)ON(CCCCC)C(=O)O.CCCCCCCCCCCC(=O)ONCCCCC. The summed E-state index contributed by atoms with van der Waals surface area (Å²) in [6.45, 7) is 9.70. The van der Waals surface area contributed by atoms with Crippen LogP contribution < -0.4 is 5.48 Å². The normalized spacial score (nSPS) is 10.6. The molecule has 256 valence electrons. The largest absolute Gasteiger partial charge is 0.463 e. The van der Waals surface area contributed by atoms with Gasteiger partial charge in [0.25, 0.3) is 0 Å². The summed E-state index contributed by atoms with van der Waals surface area (Å²) in [5, 5.41) is 9.77. The van der Waals surface area contributed by atoms with Gasteiger partial charge in [0.15, 0.2) is 0 Å². The number of unbranched alkanes of at least 4 members (excludes halogenated alkanes) is 20. The standard InChI is InChI=1S/C18H35NO4.C17H35NO2/c1-3-5-7-8-9-10-11-12-13-15-17(20)23-19(18(21)22)16-14-6-4-2;1-3-5-7-8-9-10-11-12-13-15-17(19)20-18-16-14-6-4-2/h3-16H2,1-2H3,(H,21,22);18H,3-16H2,1-2H3. The van der Waals surface area contributed by atoms with Gasteiger partial charge in [0.1, 0.15) is 0 Å². The summed E-state index contributed by atoms with van der Waals surface area (Å²) < 4.78 is 0. The molecule has 0 spiro atoms. The number of nitrogens with zero attached hydrogens (tertiary/aromatic N) is 1. The molecule has 0 saturated carbocycles. The molecule has 2 N–H and O–H groups in total. The number of carbonyl (C=O) groups is 3. The maximum atomic E-state index is 11.7. The van der Waals surface area contributed by atoms with Gasteiger partial charge in [-0.25, -0.2) is 9.59 Å². The Morgan fingerprint density at radius 3 is 1.33 bits per heavy atom. The Bertz CT molecular complexity index is 617. The molecule has 0 aromatic carbocycles. The summed E-state index contributed by atoms with van der Waals surface area (Å²) in [6, 6.07) is 0. The lowest BCUT2D eigenvalue weighted by Crippen LogP contribution is -2.33. The number of rotatable bonds is 29. The molecule has 8 nitrogen and oxygen atoms in total. The van der Waals surface area contributed by atoms with Crippen LogP contribution in [0.25, 0.3) is 0 Å². The van der Waals surface area contributed by atoms with Crippen molar-refractivity contribution in [3.05, 3.63) is 0 Å². The van der Waals surface area contributed by atoms with Crippen molar-refractivity contribution in [3.63, 3.8) is 0 Å². The van der Waals surface area contributed by atoms with Crippen LogP contribution in [-0.4, -0.2) is 41.3 Å². The third kappa shape index (κ3) is 36.3. The van der Waals surface area contributed by atoms with E-state index in [1.807, 2.05) is 6.92 Å². The van der Waals surface area contributed by atoms with E-state index in [0.29, 0.717) is 19.3 Å². The molecular formula is C35H70N2O6. The van der Waals surface area contributed by atoms with Gasteiger partial charge in [0, 0.05) is 19.4 Å². The number of nitrogens with one attached hydrogen (secondary N) is 1. The first kappa shape index (κ1) is 43.3. The molecule has 0 bridgehead atoms. The van der Waals surface area contributed by atoms with Crippen molar-refractivity contribution in [1.82, 2.24) is 10.5 Å². The Morgan fingerprint density at radius 1 is 0.512 bits per heavy atom. The summed E-state index contributed by atoms with van der Waals surface area (Å²) >= 11 is 0. The molecule has 0 radical (unpaired) electrons. The first-order valence-corrected chi connectivity index (χ1v) is 18.1. The zero-order valence-corrected chi connectivity index (χ0v) is 28.7. The van der Waals surface area contributed by atoms with E-state index in [1.165, 1.54) is 96.3 Å². The van der Waals surface area contributed by atoms with Gasteiger partial charge in [-0.1, -0.05) is 156 Å². The number of carbonyl (C=O) groups excluding carboxylic acids is 2. The monoisotopic (exact) mass is 615 g/mol. The lowest BCUT2D eigenvalue weighted by atomic mass is 10.1. The average Bonchev–Trinajstić information content (AvgIpc) is 2.99. The third-order valence-electron chi connectivity index (χ3n) is 7.43. The van der Waals surface area contributed by atoms with E-state index in [2.05, 4.69) is 26.3 Å². The van der Waals surface area contributed by atoms with Crippen molar-refractivity contribution in [3.8, 4) is 0 Å². The second kappa shape index (κ2) is 36.4. The van der Waals surface area contributed by atoms with Crippen molar-refractivity contribution < 1.29 is 29.2 Å². The fourth-order valence-electron chi connectivity index (χ4n) is 4.64. The second-order valence-corrected chi connectivity index (χ2v) is 11.8. The molecule has 0 atom stereocenters. The second-order valence-electron chi connectivity index (χ2n) is 11.8. The van der Waals surface area contributed by atoms with Gasteiger partial charge in [0.2, 0.25) is 0 Å². The first-order chi connectivity index (χ1) is 20.9. The lowest BCUT2D eigenvalue weighted by molar-refractivity contribution is -0.180. The van der Waals surface area contributed by atoms with Gasteiger partial charge in [-0.2, -0.15) is 5.48 Å². The highest BCUT2D eigenvalue weighted by molar-refractivity contribution is 5.72. The Kier molecular flexibility index (Phi) is 36.6. The average molecular weight is 615 g/mol. The van der Waals surface area contributed by atoms with E-state index >= 15 is 0 Å². The summed E-state index contributed by atoms with van der Waals surface area (Å²) in [5.74, 6) is -0.545. The highest BCUT2D eigenvalue weighted by Crippen LogP contribution is 2.12. The molecule has 0 rings (SSSR count). The maximum absolute atomic E-state index is 11.7. The highest BCUT2D eigenvalue weighted by atomic mass is 16.7. The van der Waals surface area contributed by atoms with Crippen LogP contribution in [0.15, 0.2) is 0 Å². The van der Waals surface area contributed by atoms with E-state index in [9.17, 15) is 14.4 Å². The minimum absolute atomic E-state index is 0.107. The number of hydrogen-bond donors (Lipinski definition) is 2. The highest BCUT2D eigenvalue weighted by Gasteiger charge is 2.16. The molecule has 43 heavy (non-hydrogen) atoms. The number of hydroxylamine groups is 3. The predicted molar refractivity (Wildman–Crippen MR) is 178 cm³/mol. The number of hydrogen-bond acceptors (Lipinski definition) is 6. The summed E-state index contributed by atoms with van der Waals surface area (Å²) in [4.78, 5) is 44.0. The Labute approximate surface area is 265 Å². The zero-order chi connectivity index (χ0) is 32.2. The Morgan fingerprint density at radius 2 is 0.884 bits per heavy atom. The summed E-state index contributed by atoms with van der Waals surface area (Å²) in [7, 11) is 0. The van der Waals surface area contributed by atoms with Crippen LogP contribution >= 0.6 is 0 Å². The van der Waals surface area contributed by atoms with Crippen LogP contribution in [-0.2, 0) is 19.3 Å². The van der Waals surface area contributed by atoms with Crippen LogP contribution in [0, 0.1) is 0 Å². The van der Waals surface area contributed by atoms with Crippen LogP contribution in [0.3, 0.4) is 0 Å². The maximum Gasteiger partial charge on any atom is 0.440 e. The van der Waals surface area contributed by atoms with Crippen molar-refractivity contribution in [1.29, 1.82) is 0 Å². The summed E-state index contributed by atoms with van der Waals surface area (Å²) in [6.07, 6.45) is 27.9. The molecule has 0 aromatic heterocycles. The molecule has 1 amide bonds. The van der Waals surface area contributed by atoms with Crippen molar-refractivity contribution in [2.45, 2.75) is 195 Å². The molecule has 0 saturated heterocycles. The topological polar surface area (TPSA) is 105 Å². The Balaban J connectivity index is 0. The van der Waals surface area contributed by atoms with Crippen molar-refractivity contribution in [2.24, 2.45) is 0 Å². The third-order valence-corrected chi connectivity index (χ3v) is 7.43. The molecule has 8 heteroatoms. The molecule has 0 heterocycles. The molecule has 0 fully saturated rings. The van der Waals surface area contributed by atoms with Crippen LogP contribution in [0.4, 0.5) is 4.79 Å². The van der Waals surface area contributed by atoms with Gasteiger partial charge in [-0.15, -0.1) is 5.06 Å². The minimum Gasteiger partial charge on any atom is -0.463 e. The molecule has 0 aliphatic heterocycles. The van der Waals surface area contributed by atoms with Gasteiger partial charge >= 0.3 is 18.0 Å². The fourth-order valence-corrected chi connectivity index (χ4v) is 4.64. The lowest BCUT2D eigenvalue weighted by Gasteiger charge is -2.17. The Hall–Kier alpha value is -1.83. The predicted octanol–water partition coefficient (Wildman–Crippen LogP) is 10.7. The van der Waals surface area contributed by atoms with Crippen LogP contribution in [0.5, 0.6) is 0 Å². The smallest absolute Gasteiger partial charge is 0.440 e. The van der Waals surface area contributed by atoms with Gasteiger partial charge in [-0.3, -0.25) is 4.79 Å². The summed E-state index contributed by atoms with van der Waals surface area (Å²) in [5.41, 5.74) is 2.75. The molecule has 0 aliphatic carbocycles. The van der Waals surface area contributed by atoms with Gasteiger partial charge < -0.3 is 14.8 Å². The molecular weight excluding hydrogens is 544 g/mol. The van der Waals surface area contributed by atoms with E-state index in [-0.39, 0.29) is 12.5 Å². The van der Waals surface area contributed by atoms with E-state index in [0.717, 1.165) is 63.0 Å². The van der Waals surface area contributed by atoms with E-state index in [1.54, 1.807) is 0 Å². The quantitative estimate of drug-likeness (QED) is 0.0637.